The van der Waals surface area contributed by atoms with Crippen LogP contribution in [0.25, 0.3) is 0 Å². The highest BCUT2D eigenvalue weighted by Crippen LogP contribution is 2.22. The third-order valence-corrected chi connectivity index (χ3v) is 6.92. The van der Waals surface area contributed by atoms with Gasteiger partial charge >= 0.3 is 0 Å². The quantitative estimate of drug-likeness (QED) is 0.209. The van der Waals surface area contributed by atoms with Crippen molar-refractivity contribution in [3.05, 3.63) is 93.6 Å². The van der Waals surface area contributed by atoms with Crippen LogP contribution >= 0.6 is 0 Å². The topological polar surface area (TPSA) is 0 Å². The third-order valence-electron chi connectivity index (χ3n) is 6.92. The molecule has 0 aliphatic carbocycles. The fourth-order valence-corrected chi connectivity index (χ4v) is 4.28. The SMILES string of the molecule is CC(C)=CCCC(C)=CCCC(C)=CCCC(C)=CCCC(C)=CCCC(C)c1ccc(C)cc1. The van der Waals surface area contributed by atoms with Crippen molar-refractivity contribution in [2.24, 2.45) is 0 Å². The summed E-state index contributed by atoms with van der Waals surface area (Å²) in [5, 5.41) is 0. The minimum atomic E-state index is 0.630. The molecular formula is C35H54. The lowest BCUT2D eigenvalue weighted by Crippen LogP contribution is -1.93. The first kappa shape index (κ1) is 31.0. The van der Waals surface area contributed by atoms with E-state index in [2.05, 4.69) is 110 Å². The highest BCUT2D eigenvalue weighted by atomic mass is 14.1. The molecule has 0 saturated heterocycles. The second-order valence-electron chi connectivity index (χ2n) is 11.0. The zero-order chi connectivity index (χ0) is 26.1. The van der Waals surface area contributed by atoms with Gasteiger partial charge in [0.15, 0.2) is 0 Å². The molecule has 0 nitrogen and oxygen atoms in total. The van der Waals surface area contributed by atoms with E-state index in [4.69, 9.17) is 0 Å². The van der Waals surface area contributed by atoms with Crippen LogP contribution in [0.1, 0.15) is 130 Å². The Balaban J connectivity index is 2.24. The first-order valence-corrected chi connectivity index (χ1v) is 14.0. The molecule has 35 heavy (non-hydrogen) atoms. The Morgan fingerprint density at radius 3 is 1.34 bits per heavy atom. The van der Waals surface area contributed by atoms with Gasteiger partial charge in [-0.1, -0.05) is 95.0 Å². The zero-order valence-electron chi connectivity index (χ0n) is 24.3. The van der Waals surface area contributed by atoms with Crippen LogP contribution < -0.4 is 0 Å². The van der Waals surface area contributed by atoms with Crippen molar-refractivity contribution in [1.82, 2.24) is 0 Å². The van der Waals surface area contributed by atoms with Crippen LogP contribution in [0.5, 0.6) is 0 Å². The Morgan fingerprint density at radius 1 is 0.571 bits per heavy atom. The van der Waals surface area contributed by atoms with Crippen molar-refractivity contribution >= 4 is 0 Å². The molecule has 0 aliphatic heterocycles. The first-order chi connectivity index (χ1) is 16.7. The summed E-state index contributed by atoms with van der Waals surface area (Å²) in [6, 6.07) is 9.03. The normalized spacial score (nSPS) is 14.3. The molecule has 0 aliphatic rings. The smallest absolute Gasteiger partial charge is 0.0187 e. The van der Waals surface area contributed by atoms with Crippen molar-refractivity contribution in [2.45, 2.75) is 126 Å². The van der Waals surface area contributed by atoms with Crippen molar-refractivity contribution in [1.29, 1.82) is 0 Å². The predicted octanol–water partition coefficient (Wildman–Crippen LogP) is 11.8. The van der Waals surface area contributed by atoms with E-state index < -0.39 is 0 Å². The molecule has 194 valence electrons. The molecule has 0 amide bonds. The minimum Gasteiger partial charge on any atom is -0.0856 e. The molecular weight excluding hydrogens is 420 g/mol. The Bertz CT molecular complexity index is 863. The molecule has 0 bridgehead atoms. The lowest BCUT2D eigenvalue weighted by molar-refractivity contribution is 0.687. The maximum atomic E-state index is 2.46. The molecule has 0 saturated carbocycles. The maximum absolute atomic E-state index is 2.46. The van der Waals surface area contributed by atoms with Crippen LogP contribution in [-0.4, -0.2) is 0 Å². The van der Waals surface area contributed by atoms with Gasteiger partial charge in [0, 0.05) is 0 Å². The van der Waals surface area contributed by atoms with Crippen LogP contribution in [0.4, 0.5) is 0 Å². The van der Waals surface area contributed by atoms with Gasteiger partial charge in [0.2, 0.25) is 0 Å². The van der Waals surface area contributed by atoms with E-state index in [0.717, 1.165) is 0 Å². The van der Waals surface area contributed by atoms with Gasteiger partial charge in [0.1, 0.15) is 0 Å². The van der Waals surface area contributed by atoms with Gasteiger partial charge in [0.05, 0.1) is 0 Å². The van der Waals surface area contributed by atoms with Crippen LogP contribution in [0, 0.1) is 6.92 Å². The summed E-state index contributed by atoms with van der Waals surface area (Å²) in [6.07, 6.45) is 24.0. The third kappa shape index (κ3) is 16.3. The van der Waals surface area contributed by atoms with E-state index in [1.54, 1.807) is 0 Å². The highest BCUT2D eigenvalue weighted by molar-refractivity contribution is 5.24. The van der Waals surface area contributed by atoms with E-state index in [-0.39, 0.29) is 0 Å². The Hall–Kier alpha value is -2.08. The standard InChI is InChI=1S/C35H54/c1-28(2)14-9-15-29(3)16-10-17-30(4)18-11-19-31(5)20-12-21-32(6)22-13-23-34(8)35-26-24-33(7)25-27-35/h14,16,18,20,22,24-27,34H,9-13,15,17,19,21,23H2,1-8H3. The molecule has 1 atom stereocenters. The average molecular weight is 475 g/mol. The van der Waals surface area contributed by atoms with E-state index in [1.165, 1.54) is 103 Å². The van der Waals surface area contributed by atoms with Gasteiger partial charge in [-0.15, -0.1) is 0 Å². The summed E-state index contributed by atoms with van der Waals surface area (Å²) in [6.45, 7) is 18.0. The van der Waals surface area contributed by atoms with Gasteiger partial charge in [-0.05, 0) is 124 Å². The largest absolute Gasteiger partial charge is 0.0856 e. The van der Waals surface area contributed by atoms with E-state index in [0.29, 0.717) is 5.92 Å². The van der Waals surface area contributed by atoms with Gasteiger partial charge in [0.25, 0.3) is 0 Å². The van der Waals surface area contributed by atoms with Crippen LogP contribution in [-0.2, 0) is 0 Å². The number of hydrogen-bond acceptors (Lipinski definition) is 0. The van der Waals surface area contributed by atoms with Gasteiger partial charge in [-0.3, -0.25) is 0 Å². The number of allylic oxidation sites excluding steroid dienone is 10. The monoisotopic (exact) mass is 474 g/mol. The minimum absolute atomic E-state index is 0.630. The van der Waals surface area contributed by atoms with E-state index >= 15 is 0 Å². The second-order valence-corrected chi connectivity index (χ2v) is 11.0. The van der Waals surface area contributed by atoms with Crippen molar-refractivity contribution in [3.8, 4) is 0 Å². The van der Waals surface area contributed by atoms with E-state index in [9.17, 15) is 0 Å². The molecule has 0 spiro atoms. The second kappa shape index (κ2) is 18.2. The molecule has 0 fully saturated rings. The summed E-state index contributed by atoms with van der Waals surface area (Å²) < 4.78 is 0. The summed E-state index contributed by atoms with van der Waals surface area (Å²) in [5.74, 6) is 0.630. The fourth-order valence-electron chi connectivity index (χ4n) is 4.28. The number of aryl methyl sites for hydroxylation is 1. The van der Waals surface area contributed by atoms with Gasteiger partial charge in [-0.25, -0.2) is 0 Å². The summed E-state index contributed by atoms with van der Waals surface area (Å²) >= 11 is 0. The number of rotatable bonds is 16. The number of benzene rings is 1. The Morgan fingerprint density at radius 2 is 0.943 bits per heavy atom. The molecule has 1 aromatic rings. The highest BCUT2D eigenvalue weighted by Gasteiger charge is 2.04. The van der Waals surface area contributed by atoms with Crippen LogP contribution in [0.2, 0.25) is 0 Å². The zero-order valence-corrected chi connectivity index (χ0v) is 24.3. The Kier molecular flexibility index (Phi) is 16.1. The lowest BCUT2D eigenvalue weighted by atomic mass is 9.95. The average Bonchev–Trinajstić information content (AvgIpc) is 2.79. The van der Waals surface area contributed by atoms with Crippen LogP contribution in [0.3, 0.4) is 0 Å². The van der Waals surface area contributed by atoms with E-state index in [1.807, 2.05) is 0 Å². The molecule has 1 aromatic carbocycles. The molecule has 0 heterocycles. The van der Waals surface area contributed by atoms with Crippen LogP contribution in [0.15, 0.2) is 82.5 Å². The summed E-state index contributed by atoms with van der Waals surface area (Å²) in [5.41, 5.74) is 10.4. The molecule has 0 heteroatoms. The predicted molar refractivity (Wildman–Crippen MR) is 160 cm³/mol. The molecule has 0 aromatic heterocycles. The molecule has 1 rings (SSSR count). The summed E-state index contributed by atoms with van der Waals surface area (Å²) in [4.78, 5) is 0. The van der Waals surface area contributed by atoms with Crippen molar-refractivity contribution in [2.75, 3.05) is 0 Å². The van der Waals surface area contributed by atoms with Gasteiger partial charge < -0.3 is 0 Å². The number of hydrogen-bond donors (Lipinski definition) is 0. The first-order valence-electron chi connectivity index (χ1n) is 14.0. The van der Waals surface area contributed by atoms with Crippen molar-refractivity contribution < 1.29 is 0 Å². The maximum Gasteiger partial charge on any atom is -0.0187 e. The van der Waals surface area contributed by atoms with Crippen molar-refractivity contribution in [3.63, 3.8) is 0 Å². The molecule has 0 radical (unpaired) electrons. The summed E-state index contributed by atoms with van der Waals surface area (Å²) in [7, 11) is 0. The molecule has 1 unspecified atom stereocenters. The van der Waals surface area contributed by atoms with Gasteiger partial charge in [-0.2, -0.15) is 0 Å². The Labute approximate surface area is 219 Å². The lowest BCUT2D eigenvalue weighted by Gasteiger charge is -2.11. The molecule has 0 N–H and O–H groups in total. The fraction of sp³-hybridized carbons (Fsp3) is 0.543.